The Balaban J connectivity index is 1.22. The predicted molar refractivity (Wildman–Crippen MR) is 265 cm³/mol. The summed E-state index contributed by atoms with van der Waals surface area (Å²) in [5.41, 5.74) is 5.89. The zero-order valence-electron chi connectivity index (χ0n) is 38.7. The fourth-order valence-corrected chi connectivity index (χ4v) is 9.47. The summed E-state index contributed by atoms with van der Waals surface area (Å²) in [6, 6.07) is 40.1. The van der Waals surface area contributed by atoms with Gasteiger partial charge in [0.05, 0.1) is 6.04 Å². The van der Waals surface area contributed by atoms with Gasteiger partial charge in [0.1, 0.15) is 11.0 Å². The zero-order valence-corrected chi connectivity index (χ0v) is 38.7. The lowest BCUT2D eigenvalue weighted by Crippen LogP contribution is -2.36. The second-order valence-electron chi connectivity index (χ2n) is 18.2. The van der Waals surface area contributed by atoms with Crippen LogP contribution in [0.3, 0.4) is 0 Å². The van der Waals surface area contributed by atoms with E-state index in [1.807, 2.05) is 192 Å². The maximum absolute atomic E-state index is 15.2. The van der Waals surface area contributed by atoms with Crippen molar-refractivity contribution in [2.75, 3.05) is 22.9 Å². The second-order valence-corrected chi connectivity index (χ2v) is 18.2. The van der Waals surface area contributed by atoms with Crippen molar-refractivity contribution in [3.8, 4) is 0 Å². The third-order valence-electron chi connectivity index (χ3n) is 12.6. The first-order chi connectivity index (χ1) is 31.7. The summed E-state index contributed by atoms with van der Waals surface area (Å²) in [6.07, 6.45) is 0. The Morgan fingerprint density at radius 3 is 1.92 bits per heavy atom. The molecular weight excluding hydrogens is 825 g/mol. The number of benzene rings is 5. The van der Waals surface area contributed by atoms with Crippen LogP contribution >= 0.6 is 0 Å². The zero-order chi connectivity index (χ0) is 46.6. The lowest BCUT2D eigenvalue weighted by atomic mass is 9.97. The first-order valence-corrected chi connectivity index (χ1v) is 22.6. The highest BCUT2D eigenvalue weighted by Gasteiger charge is 2.31. The molecule has 0 aliphatic heterocycles. The van der Waals surface area contributed by atoms with Crippen LogP contribution in [0.1, 0.15) is 85.3 Å². The van der Waals surface area contributed by atoms with E-state index < -0.39 is 6.04 Å². The van der Waals surface area contributed by atoms with Crippen LogP contribution in [0.15, 0.2) is 137 Å². The Morgan fingerprint density at radius 2 is 1.24 bits per heavy atom. The number of carbonyl (C=O) groups excluding carboxylic acids is 2. The van der Waals surface area contributed by atoms with Gasteiger partial charge in [0.25, 0.3) is 22.9 Å². The quantitative estimate of drug-likeness (QED) is 0.128. The van der Waals surface area contributed by atoms with Gasteiger partial charge in [-0.1, -0.05) is 112 Å². The number of nitrogens with zero attached hydrogens (tertiary/aromatic N) is 8. The Bertz CT molecular complexity index is 3470. The fraction of sp³-hybridized carbons (Fsp3) is 0.259. The molecule has 0 bridgehead atoms. The summed E-state index contributed by atoms with van der Waals surface area (Å²) in [6.45, 7) is 15.1. The number of rotatable bonds is 11. The largest absolute Gasteiger partial charge is 0.339 e. The van der Waals surface area contributed by atoms with E-state index in [0.717, 1.165) is 44.2 Å². The molecule has 4 aromatic heterocycles. The first-order valence-electron chi connectivity index (χ1n) is 22.6. The van der Waals surface area contributed by atoms with Crippen LogP contribution in [-0.4, -0.2) is 53.6 Å². The molecule has 0 N–H and O–H groups in total. The molecule has 12 heteroatoms. The third-order valence-corrected chi connectivity index (χ3v) is 12.6. The minimum Gasteiger partial charge on any atom is -0.339 e. The molecule has 4 heterocycles. The van der Waals surface area contributed by atoms with E-state index in [1.165, 1.54) is 9.36 Å². The molecule has 0 aliphatic rings. The normalized spacial score (nSPS) is 12.4. The average Bonchev–Trinajstić information content (AvgIpc) is 3.81. The third kappa shape index (κ3) is 7.45. The molecule has 5 aromatic carbocycles. The van der Waals surface area contributed by atoms with Gasteiger partial charge in [-0.2, -0.15) is 10.2 Å². The van der Waals surface area contributed by atoms with Crippen LogP contribution in [0, 0.1) is 12.3 Å². The van der Waals surface area contributed by atoms with Crippen molar-refractivity contribution in [1.82, 2.24) is 28.7 Å². The van der Waals surface area contributed by atoms with E-state index in [0.29, 0.717) is 47.1 Å². The highest BCUT2D eigenvalue weighted by Crippen LogP contribution is 2.35. The SMILES string of the molecule is CCN(C(=O)c1nn(CC(C)(C)C)c(=O)c2c1c1ccccc1n2C)c1cccc(Cn2c3cccc(C)c3c3c(C(=O)N(CC)c4ccccc4)nn(C(C)c4ccccc4)c(=O)c32)c1. The van der Waals surface area contributed by atoms with Crippen LogP contribution < -0.4 is 20.9 Å². The maximum Gasteiger partial charge on any atom is 0.291 e. The number of aryl methyl sites for hydroxylation is 2. The number of carbonyl (C=O) groups is 2. The van der Waals surface area contributed by atoms with E-state index in [9.17, 15) is 4.79 Å². The Morgan fingerprint density at radius 1 is 0.652 bits per heavy atom. The smallest absolute Gasteiger partial charge is 0.291 e. The van der Waals surface area contributed by atoms with Crippen LogP contribution in [0.4, 0.5) is 11.4 Å². The van der Waals surface area contributed by atoms with E-state index in [4.69, 9.17) is 10.2 Å². The molecule has 1 atom stereocenters. The lowest BCUT2D eigenvalue weighted by Gasteiger charge is -2.24. The van der Waals surface area contributed by atoms with Crippen molar-refractivity contribution in [2.24, 2.45) is 12.5 Å². The van der Waals surface area contributed by atoms with Gasteiger partial charge in [-0.25, -0.2) is 9.36 Å². The topological polar surface area (TPSA) is 120 Å². The van der Waals surface area contributed by atoms with Gasteiger partial charge in [0.15, 0.2) is 11.4 Å². The van der Waals surface area contributed by atoms with Crippen LogP contribution in [0.5, 0.6) is 0 Å². The van der Waals surface area contributed by atoms with Gasteiger partial charge < -0.3 is 18.9 Å². The van der Waals surface area contributed by atoms with Gasteiger partial charge in [-0.3, -0.25) is 19.2 Å². The Labute approximate surface area is 382 Å². The predicted octanol–water partition coefficient (Wildman–Crippen LogP) is 9.90. The van der Waals surface area contributed by atoms with E-state index in [1.54, 1.807) is 9.80 Å². The summed E-state index contributed by atoms with van der Waals surface area (Å²) in [7, 11) is 1.86. The van der Waals surface area contributed by atoms with E-state index in [-0.39, 0.29) is 46.3 Å². The molecule has 2 amide bonds. The van der Waals surface area contributed by atoms with Crippen molar-refractivity contribution in [2.45, 2.75) is 67.6 Å². The number of anilines is 2. The highest BCUT2D eigenvalue weighted by atomic mass is 16.2. The number of para-hydroxylation sites is 2. The monoisotopic (exact) mass is 878 g/mol. The molecule has 0 fully saturated rings. The maximum atomic E-state index is 15.2. The number of hydrogen-bond donors (Lipinski definition) is 0. The second kappa shape index (κ2) is 17.1. The standard InChI is InChI=1S/C54H54N8O4/c1-9-58(38-25-15-12-16-26-38)51(64)47-45-43-34(3)21-19-30-42(43)60(49(45)53(66)62(56-47)35(4)37-23-13-11-14-24-37)32-36-22-20-27-39(31-36)59(10-2)50(63)46-44-40-28-17-18-29-41(40)57(8)48(44)52(65)61(55-46)33-54(5,6)7/h11-31,35H,9-10,32-33H2,1-8H3. The first kappa shape index (κ1) is 43.6. The molecule has 66 heavy (non-hydrogen) atoms. The molecular formula is C54H54N8O4. The molecule has 0 saturated heterocycles. The molecule has 0 saturated carbocycles. The van der Waals surface area contributed by atoms with Crippen LogP contribution in [0.2, 0.25) is 0 Å². The number of aromatic nitrogens is 6. The van der Waals surface area contributed by atoms with E-state index >= 15 is 14.4 Å². The Kier molecular flexibility index (Phi) is 11.3. The van der Waals surface area contributed by atoms with Crippen LogP contribution in [-0.2, 0) is 20.1 Å². The molecule has 0 spiro atoms. The minimum absolute atomic E-state index is 0.188. The summed E-state index contributed by atoms with van der Waals surface area (Å²) in [5.74, 6) is -0.649. The minimum atomic E-state index is -0.499. The summed E-state index contributed by atoms with van der Waals surface area (Å²) in [5, 5.41) is 12.4. The average molecular weight is 879 g/mol. The molecule has 9 aromatic rings. The molecule has 12 nitrogen and oxygen atoms in total. The van der Waals surface area contributed by atoms with Crippen molar-refractivity contribution >= 4 is 66.8 Å². The molecule has 0 radical (unpaired) electrons. The lowest BCUT2D eigenvalue weighted by molar-refractivity contribution is 0.0975. The number of fused-ring (bicyclic) bond motifs is 6. The van der Waals surface area contributed by atoms with Gasteiger partial charge in [0.2, 0.25) is 0 Å². The summed E-state index contributed by atoms with van der Waals surface area (Å²) in [4.78, 5) is 62.8. The van der Waals surface area contributed by atoms with Crippen molar-refractivity contribution in [3.63, 3.8) is 0 Å². The highest BCUT2D eigenvalue weighted by molar-refractivity contribution is 6.21. The molecule has 1 unspecified atom stereocenters. The molecule has 9 rings (SSSR count). The van der Waals surface area contributed by atoms with Crippen molar-refractivity contribution in [1.29, 1.82) is 0 Å². The van der Waals surface area contributed by atoms with Gasteiger partial charge in [-0.05, 0) is 86.2 Å². The van der Waals surface area contributed by atoms with Crippen molar-refractivity contribution in [3.05, 3.63) is 176 Å². The molecule has 334 valence electrons. The summed E-state index contributed by atoms with van der Waals surface area (Å²) < 4.78 is 6.73. The van der Waals surface area contributed by atoms with E-state index in [2.05, 4.69) is 0 Å². The van der Waals surface area contributed by atoms with Gasteiger partial charge in [-0.15, -0.1) is 0 Å². The van der Waals surface area contributed by atoms with Crippen molar-refractivity contribution < 1.29 is 9.59 Å². The van der Waals surface area contributed by atoms with Gasteiger partial charge >= 0.3 is 0 Å². The number of amides is 2. The fourth-order valence-electron chi connectivity index (χ4n) is 9.47. The van der Waals surface area contributed by atoms with Gasteiger partial charge in [0, 0.05) is 77.2 Å². The molecule has 0 aliphatic carbocycles. The summed E-state index contributed by atoms with van der Waals surface area (Å²) >= 11 is 0. The Hall–Kier alpha value is -7.60. The van der Waals surface area contributed by atoms with Crippen LogP contribution in [0.25, 0.3) is 43.6 Å². The number of hydrogen-bond acceptors (Lipinski definition) is 6.